The third-order valence-corrected chi connectivity index (χ3v) is 3.34. The van der Waals surface area contributed by atoms with Gasteiger partial charge >= 0.3 is 0 Å². The van der Waals surface area contributed by atoms with E-state index in [1.165, 1.54) is 5.56 Å². The topological polar surface area (TPSA) is 20.3 Å². The molecule has 0 bridgehead atoms. The number of hydrogen-bond acceptors (Lipinski definition) is 2. The van der Waals surface area contributed by atoms with E-state index in [1.807, 2.05) is 62.6 Å². The highest BCUT2D eigenvalue weighted by atomic mass is 16.1. The molecule has 0 saturated heterocycles. The van der Waals surface area contributed by atoms with Crippen molar-refractivity contribution >= 4 is 5.78 Å². The van der Waals surface area contributed by atoms with Crippen LogP contribution in [0.1, 0.15) is 15.9 Å². The molecule has 0 amide bonds. The molecule has 0 spiro atoms. The zero-order valence-electron chi connectivity index (χ0n) is 12.1. The molecule has 0 aromatic heterocycles. The van der Waals surface area contributed by atoms with Crippen LogP contribution in [0, 0.1) is 5.92 Å². The largest absolute Gasteiger partial charge is 0.309 e. The van der Waals surface area contributed by atoms with Gasteiger partial charge in [0.05, 0.1) is 0 Å². The van der Waals surface area contributed by atoms with Gasteiger partial charge in [0.25, 0.3) is 0 Å². The van der Waals surface area contributed by atoms with Crippen LogP contribution < -0.4 is 0 Å². The van der Waals surface area contributed by atoms with Gasteiger partial charge in [0, 0.05) is 18.0 Å². The van der Waals surface area contributed by atoms with Crippen LogP contribution in [0.4, 0.5) is 0 Å². The molecule has 0 aliphatic heterocycles. The predicted octanol–water partition coefficient (Wildman–Crippen LogP) is 3.29. The van der Waals surface area contributed by atoms with Crippen molar-refractivity contribution in [2.45, 2.75) is 6.42 Å². The Morgan fingerprint density at radius 3 is 2.05 bits per heavy atom. The van der Waals surface area contributed by atoms with Crippen LogP contribution in [-0.2, 0) is 6.42 Å². The maximum atomic E-state index is 12.7. The number of ketones is 1. The van der Waals surface area contributed by atoms with Crippen LogP contribution in [0.5, 0.6) is 0 Å². The molecular formula is C18H21NO. The monoisotopic (exact) mass is 267 g/mol. The second kappa shape index (κ2) is 7.01. The second-order valence-corrected chi connectivity index (χ2v) is 5.38. The first-order valence-corrected chi connectivity index (χ1v) is 6.94. The Balaban J connectivity index is 2.17. The normalized spacial score (nSPS) is 12.3. The van der Waals surface area contributed by atoms with Crippen molar-refractivity contribution in [1.29, 1.82) is 0 Å². The van der Waals surface area contributed by atoms with E-state index in [1.54, 1.807) is 0 Å². The van der Waals surface area contributed by atoms with Gasteiger partial charge in [-0.1, -0.05) is 60.7 Å². The summed E-state index contributed by atoms with van der Waals surface area (Å²) in [5.74, 6) is 0.220. The Morgan fingerprint density at radius 2 is 1.50 bits per heavy atom. The molecule has 0 heterocycles. The van der Waals surface area contributed by atoms with Gasteiger partial charge in [-0.3, -0.25) is 4.79 Å². The van der Waals surface area contributed by atoms with E-state index in [-0.39, 0.29) is 11.7 Å². The van der Waals surface area contributed by atoms with Gasteiger partial charge < -0.3 is 4.90 Å². The first-order valence-electron chi connectivity index (χ1n) is 6.94. The molecular weight excluding hydrogens is 246 g/mol. The Labute approximate surface area is 121 Å². The van der Waals surface area contributed by atoms with Crippen molar-refractivity contribution in [3.8, 4) is 0 Å². The molecule has 1 atom stereocenters. The lowest BCUT2D eigenvalue weighted by atomic mass is 9.91. The first kappa shape index (κ1) is 14.5. The molecule has 0 radical (unpaired) electrons. The number of rotatable bonds is 6. The number of hydrogen-bond donors (Lipinski definition) is 0. The van der Waals surface area contributed by atoms with E-state index in [0.29, 0.717) is 0 Å². The number of nitrogens with zero attached hydrogens (tertiary/aromatic N) is 1. The molecule has 0 aliphatic carbocycles. The molecule has 104 valence electrons. The average molecular weight is 267 g/mol. The van der Waals surface area contributed by atoms with Crippen LogP contribution in [0.2, 0.25) is 0 Å². The van der Waals surface area contributed by atoms with Gasteiger partial charge in [-0.2, -0.15) is 0 Å². The van der Waals surface area contributed by atoms with E-state index in [2.05, 4.69) is 17.0 Å². The molecule has 0 aliphatic rings. The molecule has 20 heavy (non-hydrogen) atoms. The number of benzene rings is 2. The highest BCUT2D eigenvalue weighted by molar-refractivity contribution is 5.98. The minimum Gasteiger partial charge on any atom is -0.309 e. The van der Waals surface area contributed by atoms with Crippen molar-refractivity contribution in [3.63, 3.8) is 0 Å². The Morgan fingerprint density at radius 1 is 0.950 bits per heavy atom. The minimum absolute atomic E-state index is 0.00481. The summed E-state index contributed by atoms with van der Waals surface area (Å²) in [5.41, 5.74) is 2.01. The average Bonchev–Trinajstić information content (AvgIpc) is 2.47. The highest BCUT2D eigenvalue weighted by Gasteiger charge is 2.21. The molecule has 0 unspecified atom stereocenters. The Hall–Kier alpha value is -1.93. The maximum absolute atomic E-state index is 12.7. The molecule has 0 N–H and O–H groups in total. The molecule has 0 saturated carbocycles. The van der Waals surface area contributed by atoms with Crippen LogP contribution in [0.3, 0.4) is 0 Å². The standard InChI is InChI=1S/C18H21NO/c1-19(2)14-17(13-15-9-5-3-6-10-15)18(20)16-11-7-4-8-12-16/h3-12,17H,13-14H2,1-2H3/t17-/m0/s1. The smallest absolute Gasteiger partial charge is 0.167 e. The van der Waals surface area contributed by atoms with Gasteiger partial charge in [0.15, 0.2) is 5.78 Å². The lowest BCUT2D eigenvalue weighted by Crippen LogP contribution is -2.29. The fraction of sp³-hybridized carbons (Fsp3) is 0.278. The van der Waals surface area contributed by atoms with Crippen LogP contribution in [0.25, 0.3) is 0 Å². The predicted molar refractivity (Wildman–Crippen MR) is 83.0 cm³/mol. The summed E-state index contributed by atoms with van der Waals surface area (Å²) in [6, 6.07) is 19.8. The van der Waals surface area contributed by atoms with Crippen molar-refractivity contribution < 1.29 is 4.79 Å². The molecule has 2 aromatic carbocycles. The summed E-state index contributed by atoms with van der Waals surface area (Å²) in [4.78, 5) is 14.7. The first-order chi connectivity index (χ1) is 9.66. The summed E-state index contributed by atoms with van der Waals surface area (Å²) in [7, 11) is 4.02. The molecule has 2 aromatic rings. The summed E-state index contributed by atoms with van der Waals surface area (Å²) < 4.78 is 0. The van der Waals surface area contributed by atoms with E-state index >= 15 is 0 Å². The fourth-order valence-electron chi connectivity index (χ4n) is 2.42. The minimum atomic E-state index is -0.00481. The van der Waals surface area contributed by atoms with Crippen molar-refractivity contribution in [1.82, 2.24) is 4.90 Å². The van der Waals surface area contributed by atoms with Crippen LogP contribution in [0.15, 0.2) is 60.7 Å². The van der Waals surface area contributed by atoms with Crippen LogP contribution >= 0.6 is 0 Å². The quantitative estimate of drug-likeness (QED) is 0.749. The summed E-state index contributed by atoms with van der Waals surface area (Å²) in [6.45, 7) is 0.766. The zero-order valence-corrected chi connectivity index (χ0v) is 12.1. The number of carbonyl (C=O) groups excluding carboxylic acids is 1. The Bertz CT molecular complexity index is 534. The van der Waals surface area contributed by atoms with E-state index < -0.39 is 0 Å². The SMILES string of the molecule is CN(C)C[C@H](Cc1ccccc1)C(=O)c1ccccc1. The molecule has 2 rings (SSSR count). The molecule has 2 nitrogen and oxygen atoms in total. The van der Waals surface area contributed by atoms with Crippen molar-refractivity contribution in [3.05, 3.63) is 71.8 Å². The second-order valence-electron chi connectivity index (χ2n) is 5.38. The zero-order chi connectivity index (χ0) is 14.4. The maximum Gasteiger partial charge on any atom is 0.167 e. The van der Waals surface area contributed by atoms with Gasteiger partial charge in [0.1, 0.15) is 0 Å². The van der Waals surface area contributed by atoms with Crippen molar-refractivity contribution in [2.24, 2.45) is 5.92 Å². The van der Waals surface area contributed by atoms with E-state index in [4.69, 9.17) is 0 Å². The Kier molecular flexibility index (Phi) is 5.08. The summed E-state index contributed by atoms with van der Waals surface area (Å²) in [5, 5.41) is 0. The van der Waals surface area contributed by atoms with Crippen molar-refractivity contribution in [2.75, 3.05) is 20.6 Å². The van der Waals surface area contributed by atoms with Gasteiger partial charge in [-0.15, -0.1) is 0 Å². The third kappa shape index (κ3) is 4.04. The number of Topliss-reactive ketones (excluding diaryl/α,β-unsaturated/α-hetero) is 1. The number of carbonyl (C=O) groups is 1. The fourth-order valence-corrected chi connectivity index (χ4v) is 2.42. The summed E-state index contributed by atoms with van der Waals surface area (Å²) >= 11 is 0. The van der Waals surface area contributed by atoms with E-state index in [9.17, 15) is 4.79 Å². The van der Waals surface area contributed by atoms with Gasteiger partial charge in [-0.05, 0) is 26.1 Å². The molecule has 0 fully saturated rings. The summed E-state index contributed by atoms with van der Waals surface area (Å²) in [6.07, 6.45) is 0.784. The van der Waals surface area contributed by atoms with Crippen LogP contribution in [-0.4, -0.2) is 31.3 Å². The van der Waals surface area contributed by atoms with Gasteiger partial charge in [0.2, 0.25) is 0 Å². The molecule has 2 heteroatoms. The van der Waals surface area contributed by atoms with E-state index in [0.717, 1.165) is 18.5 Å². The van der Waals surface area contributed by atoms with Gasteiger partial charge in [-0.25, -0.2) is 0 Å². The lowest BCUT2D eigenvalue weighted by Gasteiger charge is -2.20. The highest BCUT2D eigenvalue weighted by Crippen LogP contribution is 2.15. The third-order valence-electron chi connectivity index (χ3n) is 3.34. The lowest BCUT2D eigenvalue weighted by molar-refractivity contribution is 0.0896.